The summed E-state index contributed by atoms with van der Waals surface area (Å²) in [5.74, 6) is -1.23. The van der Waals surface area contributed by atoms with E-state index in [4.69, 9.17) is 10.8 Å². The molecule has 7 heteroatoms. The maximum Gasteiger partial charge on any atom is 0.313 e. The normalized spacial score (nSPS) is 10.2. The predicted octanol–water partition coefficient (Wildman–Crippen LogP) is 0.325. The second kappa shape index (κ2) is 6.16. The fraction of sp³-hybridized carbons (Fsp3) is 0.444. The number of carboxylic acid groups (broad SMARTS) is 1. The summed E-state index contributed by atoms with van der Waals surface area (Å²) in [6, 6.07) is 0. The van der Waals surface area contributed by atoms with Gasteiger partial charge in [-0.2, -0.15) is 0 Å². The Labute approximate surface area is 96.8 Å². The lowest BCUT2D eigenvalue weighted by atomic mass is 10.3. The Hall–Kier alpha value is -1.50. The number of aryl methyl sites for hydroxylation is 1. The molecule has 3 N–H and O–H groups in total. The number of thioether (sulfide) groups is 1. The first-order chi connectivity index (χ1) is 7.59. The van der Waals surface area contributed by atoms with Gasteiger partial charge in [0.25, 0.3) is 0 Å². The van der Waals surface area contributed by atoms with E-state index in [9.17, 15) is 9.59 Å². The van der Waals surface area contributed by atoms with Crippen LogP contribution in [0.1, 0.15) is 12.8 Å². The molecule has 16 heavy (non-hydrogen) atoms. The van der Waals surface area contributed by atoms with Crippen molar-refractivity contribution in [2.75, 3.05) is 5.75 Å². The lowest BCUT2D eigenvalue weighted by Crippen LogP contribution is -2.11. The first-order valence-electron chi connectivity index (χ1n) is 4.73. The third kappa shape index (κ3) is 4.35. The van der Waals surface area contributed by atoms with Crippen molar-refractivity contribution >= 4 is 23.6 Å². The summed E-state index contributed by atoms with van der Waals surface area (Å²) in [4.78, 5) is 25.0. The molecule has 0 bridgehead atoms. The number of carboxylic acids is 1. The fourth-order valence-corrected chi connectivity index (χ4v) is 1.86. The van der Waals surface area contributed by atoms with E-state index in [0.29, 0.717) is 24.5 Å². The molecule has 1 aromatic rings. The molecule has 0 spiro atoms. The zero-order chi connectivity index (χ0) is 12.0. The highest BCUT2D eigenvalue weighted by molar-refractivity contribution is 7.99. The zero-order valence-corrected chi connectivity index (χ0v) is 9.44. The molecule has 1 aromatic heterocycles. The molecule has 1 rings (SSSR count). The van der Waals surface area contributed by atoms with Gasteiger partial charge in [0, 0.05) is 25.4 Å². The number of carbonyl (C=O) groups excluding carboxylic acids is 1. The van der Waals surface area contributed by atoms with Gasteiger partial charge in [-0.1, -0.05) is 11.8 Å². The van der Waals surface area contributed by atoms with Crippen LogP contribution in [0, 0.1) is 0 Å². The number of nitrogens with zero attached hydrogens (tertiary/aromatic N) is 2. The van der Waals surface area contributed by atoms with Crippen molar-refractivity contribution in [3.63, 3.8) is 0 Å². The van der Waals surface area contributed by atoms with Gasteiger partial charge < -0.3 is 15.4 Å². The number of primary amides is 1. The number of aliphatic carboxylic acids is 1. The summed E-state index contributed by atoms with van der Waals surface area (Å²) < 4.78 is 1.82. The van der Waals surface area contributed by atoms with Crippen molar-refractivity contribution in [3.05, 3.63) is 12.4 Å². The molecule has 0 atom stereocenters. The average Bonchev–Trinajstić information content (AvgIpc) is 2.62. The molecule has 0 fully saturated rings. The van der Waals surface area contributed by atoms with E-state index < -0.39 is 5.97 Å². The Morgan fingerprint density at radius 3 is 2.94 bits per heavy atom. The molecule has 0 aromatic carbocycles. The summed E-state index contributed by atoms with van der Waals surface area (Å²) in [7, 11) is 0. The quantitative estimate of drug-likeness (QED) is 0.672. The van der Waals surface area contributed by atoms with E-state index in [1.54, 1.807) is 12.4 Å². The number of hydrogen-bond acceptors (Lipinski definition) is 4. The monoisotopic (exact) mass is 243 g/mol. The summed E-state index contributed by atoms with van der Waals surface area (Å²) in [6.07, 6.45) is 4.31. The largest absolute Gasteiger partial charge is 0.481 e. The molecule has 0 unspecified atom stereocenters. The maximum absolute atomic E-state index is 10.5. The maximum atomic E-state index is 10.5. The van der Waals surface area contributed by atoms with Crippen molar-refractivity contribution in [1.82, 2.24) is 9.55 Å². The molecule has 0 aliphatic heterocycles. The van der Waals surface area contributed by atoms with Gasteiger partial charge in [0.15, 0.2) is 5.16 Å². The predicted molar refractivity (Wildman–Crippen MR) is 59.0 cm³/mol. The highest BCUT2D eigenvalue weighted by Crippen LogP contribution is 2.15. The number of aromatic nitrogens is 2. The third-order valence-electron chi connectivity index (χ3n) is 1.82. The highest BCUT2D eigenvalue weighted by Gasteiger charge is 2.06. The minimum absolute atomic E-state index is 0.0210. The summed E-state index contributed by atoms with van der Waals surface area (Å²) >= 11 is 1.16. The van der Waals surface area contributed by atoms with Crippen LogP contribution in [-0.4, -0.2) is 32.3 Å². The molecule has 6 nitrogen and oxygen atoms in total. The third-order valence-corrected chi connectivity index (χ3v) is 2.81. The molecule has 0 saturated heterocycles. The van der Waals surface area contributed by atoms with Gasteiger partial charge in [0.2, 0.25) is 5.91 Å². The second-order valence-corrected chi connectivity index (χ2v) is 4.10. The van der Waals surface area contributed by atoms with Crippen molar-refractivity contribution < 1.29 is 14.7 Å². The molecule has 1 amide bonds. The second-order valence-electron chi connectivity index (χ2n) is 3.16. The van der Waals surface area contributed by atoms with Crippen LogP contribution in [0.25, 0.3) is 0 Å². The number of rotatable bonds is 7. The lowest BCUT2D eigenvalue weighted by molar-refractivity contribution is -0.133. The van der Waals surface area contributed by atoms with Crippen LogP contribution in [0.3, 0.4) is 0 Å². The van der Waals surface area contributed by atoms with E-state index in [1.807, 2.05) is 4.57 Å². The number of imidazole rings is 1. The van der Waals surface area contributed by atoms with E-state index in [-0.39, 0.29) is 11.7 Å². The van der Waals surface area contributed by atoms with Crippen molar-refractivity contribution in [3.8, 4) is 0 Å². The van der Waals surface area contributed by atoms with Crippen LogP contribution >= 0.6 is 11.8 Å². The standard InChI is InChI=1S/C9H13N3O3S/c10-7(13)2-1-4-12-5-3-11-9(12)16-6-8(14)15/h3,5H,1-2,4,6H2,(H2,10,13)(H,14,15). The van der Waals surface area contributed by atoms with Crippen molar-refractivity contribution in [2.24, 2.45) is 5.73 Å². The van der Waals surface area contributed by atoms with Crippen LogP contribution in [0.15, 0.2) is 17.6 Å². The van der Waals surface area contributed by atoms with Crippen LogP contribution in [0.2, 0.25) is 0 Å². The number of carbonyl (C=O) groups is 2. The zero-order valence-electron chi connectivity index (χ0n) is 8.63. The first-order valence-corrected chi connectivity index (χ1v) is 5.72. The van der Waals surface area contributed by atoms with Gasteiger partial charge in [-0.25, -0.2) is 4.98 Å². The molecule has 0 saturated carbocycles. The average molecular weight is 243 g/mol. The van der Waals surface area contributed by atoms with E-state index in [2.05, 4.69) is 4.98 Å². The van der Waals surface area contributed by atoms with Gasteiger partial charge in [0.05, 0.1) is 5.75 Å². The molecular weight excluding hydrogens is 230 g/mol. The Kier molecular flexibility index (Phi) is 4.84. The number of nitrogens with two attached hydrogens (primary N) is 1. The van der Waals surface area contributed by atoms with Gasteiger partial charge in [-0.15, -0.1) is 0 Å². The molecule has 0 aliphatic rings. The minimum atomic E-state index is -0.878. The summed E-state index contributed by atoms with van der Waals surface area (Å²) in [6.45, 7) is 0.616. The molecule has 88 valence electrons. The summed E-state index contributed by atoms with van der Waals surface area (Å²) in [5.41, 5.74) is 5.02. The molecule has 1 heterocycles. The van der Waals surface area contributed by atoms with E-state index in [0.717, 1.165) is 11.8 Å². The topological polar surface area (TPSA) is 98.2 Å². The summed E-state index contributed by atoms with van der Waals surface area (Å²) in [5, 5.41) is 9.18. The van der Waals surface area contributed by atoms with Crippen LogP contribution in [0.4, 0.5) is 0 Å². The van der Waals surface area contributed by atoms with E-state index >= 15 is 0 Å². The SMILES string of the molecule is NC(=O)CCCn1ccnc1SCC(=O)O. The molecule has 0 radical (unpaired) electrons. The van der Waals surface area contributed by atoms with Gasteiger partial charge >= 0.3 is 5.97 Å². The molecular formula is C9H13N3O3S. The van der Waals surface area contributed by atoms with Crippen LogP contribution in [0.5, 0.6) is 0 Å². The van der Waals surface area contributed by atoms with Crippen molar-refractivity contribution in [1.29, 1.82) is 0 Å². The van der Waals surface area contributed by atoms with Crippen LogP contribution in [-0.2, 0) is 16.1 Å². The minimum Gasteiger partial charge on any atom is -0.481 e. The first kappa shape index (κ1) is 12.6. The Morgan fingerprint density at radius 1 is 1.56 bits per heavy atom. The number of amides is 1. The highest BCUT2D eigenvalue weighted by atomic mass is 32.2. The Morgan fingerprint density at radius 2 is 2.31 bits per heavy atom. The van der Waals surface area contributed by atoms with Gasteiger partial charge in [-0.05, 0) is 6.42 Å². The van der Waals surface area contributed by atoms with Crippen LogP contribution < -0.4 is 5.73 Å². The molecule has 0 aliphatic carbocycles. The van der Waals surface area contributed by atoms with Gasteiger partial charge in [-0.3, -0.25) is 9.59 Å². The number of hydrogen-bond donors (Lipinski definition) is 2. The van der Waals surface area contributed by atoms with E-state index in [1.165, 1.54) is 0 Å². The Bertz CT molecular complexity index is 378. The smallest absolute Gasteiger partial charge is 0.313 e. The fourth-order valence-electron chi connectivity index (χ4n) is 1.16. The Balaban J connectivity index is 2.43. The van der Waals surface area contributed by atoms with Crippen molar-refractivity contribution in [2.45, 2.75) is 24.5 Å². The lowest BCUT2D eigenvalue weighted by Gasteiger charge is -2.05. The van der Waals surface area contributed by atoms with Gasteiger partial charge in [0.1, 0.15) is 0 Å².